The summed E-state index contributed by atoms with van der Waals surface area (Å²) in [7, 11) is 0. The standard InChI is InChI=1S/C13H16N2OS/c16-11-3-1-2-9(6-11)15-10-4-5-12-13(7-10)17-8-14-12/h4-5,7-9,11,15-16H,1-3,6H2/t9-,11-/m0/s1. The van der Waals surface area contributed by atoms with Gasteiger partial charge in [-0.15, -0.1) is 11.3 Å². The largest absolute Gasteiger partial charge is 0.393 e. The van der Waals surface area contributed by atoms with Crippen molar-refractivity contribution >= 4 is 27.2 Å². The number of hydrogen-bond acceptors (Lipinski definition) is 4. The number of fused-ring (bicyclic) bond motifs is 1. The quantitative estimate of drug-likeness (QED) is 0.858. The normalized spacial score (nSPS) is 25.0. The summed E-state index contributed by atoms with van der Waals surface area (Å²) in [5.41, 5.74) is 4.07. The summed E-state index contributed by atoms with van der Waals surface area (Å²) < 4.78 is 1.21. The fourth-order valence-electron chi connectivity index (χ4n) is 2.48. The molecule has 1 heterocycles. The van der Waals surface area contributed by atoms with Crippen LogP contribution in [0.25, 0.3) is 10.2 Å². The van der Waals surface area contributed by atoms with Crippen molar-refractivity contribution in [3.8, 4) is 0 Å². The molecule has 1 aliphatic carbocycles. The van der Waals surface area contributed by atoms with Crippen molar-refractivity contribution in [1.29, 1.82) is 0 Å². The monoisotopic (exact) mass is 248 g/mol. The first-order valence-electron chi connectivity index (χ1n) is 6.09. The third kappa shape index (κ3) is 2.42. The first kappa shape index (κ1) is 11.0. The summed E-state index contributed by atoms with van der Waals surface area (Å²) in [6.45, 7) is 0. The molecule has 3 rings (SSSR count). The van der Waals surface area contributed by atoms with Crippen molar-refractivity contribution in [2.24, 2.45) is 0 Å². The van der Waals surface area contributed by atoms with E-state index in [9.17, 15) is 5.11 Å². The van der Waals surface area contributed by atoms with E-state index in [0.717, 1.165) is 36.9 Å². The second kappa shape index (κ2) is 4.63. The van der Waals surface area contributed by atoms with Gasteiger partial charge in [0.25, 0.3) is 0 Å². The molecule has 2 N–H and O–H groups in total. The Hall–Kier alpha value is -1.13. The molecule has 17 heavy (non-hydrogen) atoms. The highest BCUT2D eigenvalue weighted by atomic mass is 32.1. The van der Waals surface area contributed by atoms with Crippen LogP contribution in [0.2, 0.25) is 0 Å². The number of nitrogens with zero attached hydrogens (tertiary/aromatic N) is 1. The van der Waals surface area contributed by atoms with Crippen molar-refractivity contribution in [2.75, 3.05) is 5.32 Å². The van der Waals surface area contributed by atoms with Gasteiger partial charge in [0.1, 0.15) is 0 Å². The summed E-state index contributed by atoms with van der Waals surface area (Å²) in [5.74, 6) is 0. The summed E-state index contributed by atoms with van der Waals surface area (Å²) >= 11 is 1.66. The number of benzene rings is 1. The van der Waals surface area contributed by atoms with Crippen molar-refractivity contribution < 1.29 is 5.11 Å². The molecule has 0 unspecified atom stereocenters. The molecule has 3 nitrogen and oxygen atoms in total. The van der Waals surface area contributed by atoms with Gasteiger partial charge in [-0.05, 0) is 43.9 Å². The highest BCUT2D eigenvalue weighted by molar-refractivity contribution is 7.16. The number of aliphatic hydroxyl groups excluding tert-OH is 1. The van der Waals surface area contributed by atoms with E-state index in [1.54, 1.807) is 11.3 Å². The minimum Gasteiger partial charge on any atom is -0.393 e. The Balaban J connectivity index is 1.75. The number of thiazole rings is 1. The molecule has 1 aromatic heterocycles. The Bertz CT molecular complexity index is 511. The highest BCUT2D eigenvalue weighted by Crippen LogP contribution is 2.25. The molecule has 4 heteroatoms. The number of rotatable bonds is 2. The van der Waals surface area contributed by atoms with E-state index >= 15 is 0 Å². The van der Waals surface area contributed by atoms with Crippen LogP contribution in [-0.4, -0.2) is 22.2 Å². The average Bonchev–Trinajstić information content (AvgIpc) is 2.76. The summed E-state index contributed by atoms with van der Waals surface area (Å²) in [6.07, 6.45) is 3.94. The summed E-state index contributed by atoms with van der Waals surface area (Å²) in [5, 5.41) is 13.2. The lowest BCUT2D eigenvalue weighted by Crippen LogP contribution is -2.29. The van der Waals surface area contributed by atoms with Crippen LogP contribution in [0, 0.1) is 0 Å². The third-order valence-electron chi connectivity index (χ3n) is 3.35. The van der Waals surface area contributed by atoms with Crippen molar-refractivity contribution in [1.82, 2.24) is 4.98 Å². The first-order valence-corrected chi connectivity index (χ1v) is 6.97. The molecule has 1 saturated carbocycles. The Morgan fingerprint density at radius 2 is 2.29 bits per heavy atom. The molecule has 0 saturated heterocycles. The zero-order chi connectivity index (χ0) is 11.7. The molecule has 0 bridgehead atoms. The van der Waals surface area contributed by atoms with Gasteiger partial charge in [-0.2, -0.15) is 0 Å². The first-order chi connectivity index (χ1) is 8.31. The van der Waals surface area contributed by atoms with E-state index < -0.39 is 0 Å². The Morgan fingerprint density at radius 3 is 3.18 bits per heavy atom. The van der Waals surface area contributed by atoms with Gasteiger partial charge in [-0.25, -0.2) is 4.98 Å². The average molecular weight is 248 g/mol. The molecule has 2 aromatic rings. The lowest BCUT2D eigenvalue weighted by Gasteiger charge is -2.27. The zero-order valence-electron chi connectivity index (χ0n) is 9.60. The van der Waals surface area contributed by atoms with Gasteiger partial charge in [0.05, 0.1) is 21.8 Å². The maximum absolute atomic E-state index is 9.65. The van der Waals surface area contributed by atoms with Crippen molar-refractivity contribution in [3.05, 3.63) is 23.7 Å². The van der Waals surface area contributed by atoms with E-state index in [0.29, 0.717) is 6.04 Å². The van der Waals surface area contributed by atoms with E-state index in [2.05, 4.69) is 22.4 Å². The topological polar surface area (TPSA) is 45.1 Å². The fourth-order valence-corrected chi connectivity index (χ4v) is 3.19. The maximum atomic E-state index is 9.65. The van der Waals surface area contributed by atoms with Gasteiger partial charge in [0.15, 0.2) is 0 Å². The van der Waals surface area contributed by atoms with Crippen molar-refractivity contribution in [3.63, 3.8) is 0 Å². The lowest BCUT2D eigenvalue weighted by molar-refractivity contribution is 0.124. The van der Waals surface area contributed by atoms with Crippen LogP contribution < -0.4 is 5.32 Å². The predicted octanol–water partition coefficient (Wildman–Crippen LogP) is 3.01. The Labute approximate surface area is 105 Å². The van der Waals surface area contributed by atoms with E-state index in [1.807, 2.05) is 11.6 Å². The highest BCUT2D eigenvalue weighted by Gasteiger charge is 2.19. The van der Waals surface area contributed by atoms with Crippen LogP contribution in [0.3, 0.4) is 0 Å². The molecule has 0 aliphatic heterocycles. The second-order valence-corrected chi connectivity index (χ2v) is 5.58. The van der Waals surface area contributed by atoms with Gasteiger partial charge in [0.2, 0.25) is 0 Å². The predicted molar refractivity (Wildman–Crippen MR) is 71.5 cm³/mol. The van der Waals surface area contributed by atoms with Gasteiger partial charge in [-0.1, -0.05) is 0 Å². The fraction of sp³-hybridized carbons (Fsp3) is 0.462. The Morgan fingerprint density at radius 1 is 1.35 bits per heavy atom. The van der Waals surface area contributed by atoms with E-state index in [4.69, 9.17) is 0 Å². The zero-order valence-corrected chi connectivity index (χ0v) is 10.4. The van der Waals surface area contributed by atoms with Crippen LogP contribution in [0.1, 0.15) is 25.7 Å². The second-order valence-electron chi connectivity index (χ2n) is 4.70. The minimum absolute atomic E-state index is 0.131. The molecule has 1 fully saturated rings. The van der Waals surface area contributed by atoms with Crippen LogP contribution in [0.5, 0.6) is 0 Å². The Kier molecular flexibility index (Phi) is 2.99. The third-order valence-corrected chi connectivity index (χ3v) is 4.14. The summed E-state index contributed by atoms with van der Waals surface area (Å²) in [6, 6.07) is 6.67. The molecule has 1 aromatic carbocycles. The molecular formula is C13H16N2OS. The van der Waals surface area contributed by atoms with E-state index in [-0.39, 0.29) is 6.10 Å². The van der Waals surface area contributed by atoms with Gasteiger partial charge in [-0.3, -0.25) is 0 Å². The lowest BCUT2D eigenvalue weighted by atomic mass is 9.93. The number of aliphatic hydroxyl groups is 1. The smallest absolute Gasteiger partial charge is 0.0813 e. The molecule has 2 atom stereocenters. The SMILES string of the molecule is O[C@H]1CCC[C@H](Nc2ccc3ncsc3c2)C1. The molecule has 90 valence electrons. The van der Waals surface area contributed by atoms with Crippen LogP contribution in [0.4, 0.5) is 5.69 Å². The van der Waals surface area contributed by atoms with Crippen molar-refractivity contribution in [2.45, 2.75) is 37.8 Å². The van der Waals surface area contributed by atoms with Gasteiger partial charge in [0, 0.05) is 11.7 Å². The van der Waals surface area contributed by atoms with Gasteiger partial charge >= 0.3 is 0 Å². The molecular weight excluding hydrogens is 232 g/mol. The molecule has 0 radical (unpaired) electrons. The molecule has 0 amide bonds. The molecule has 1 aliphatic rings. The number of nitrogens with one attached hydrogen (secondary N) is 1. The summed E-state index contributed by atoms with van der Waals surface area (Å²) in [4.78, 5) is 4.27. The number of aromatic nitrogens is 1. The van der Waals surface area contributed by atoms with Crippen LogP contribution >= 0.6 is 11.3 Å². The molecule has 0 spiro atoms. The maximum Gasteiger partial charge on any atom is 0.0813 e. The van der Waals surface area contributed by atoms with Gasteiger partial charge < -0.3 is 10.4 Å². The van der Waals surface area contributed by atoms with Crippen LogP contribution in [-0.2, 0) is 0 Å². The van der Waals surface area contributed by atoms with E-state index in [1.165, 1.54) is 4.70 Å². The number of anilines is 1. The number of hydrogen-bond donors (Lipinski definition) is 2. The van der Waals surface area contributed by atoms with Crippen LogP contribution in [0.15, 0.2) is 23.7 Å². The minimum atomic E-state index is -0.131.